The van der Waals surface area contributed by atoms with Gasteiger partial charge < -0.3 is 20.3 Å². The number of amides is 2. The van der Waals surface area contributed by atoms with E-state index in [4.69, 9.17) is 4.74 Å². The number of anilines is 2. The summed E-state index contributed by atoms with van der Waals surface area (Å²) in [6, 6.07) is 4.79. The third-order valence-corrected chi connectivity index (χ3v) is 4.42. The first-order valence-electron chi connectivity index (χ1n) is 8.48. The van der Waals surface area contributed by atoms with E-state index < -0.39 is 6.04 Å². The van der Waals surface area contributed by atoms with Gasteiger partial charge in [0.2, 0.25) is 11.8 Å². The predicted molar refractivity (Wildman–Crippen MR) is 105 cm³/mol. The van der Waals surface area contributed by atoms with E-state index in [1.807, 2.05) is 0 Å². The van der Waals surface area contributed by atoms with Crippen LogP contribution in [0.2, 0.25) is 0 Å². The van der Waals surface area contributed by atoms with Gasteiger partial charge in [0.25, 0.3) is 0 Å². The monoisotopic (exact) mass is 393 g/mol. The summed E-state index contributed by atoms with van der Waals surface area (Å²) in [4.78, 5) is 26.3. The topological polar surface area (TPSA) is 88.5 Å². The van der Waals surface area contributed by atoms with E-state index in [2.05, 4.69) is 15.7 Å². The highest BCUT2D eigenvalue weighted by atomic mass is 35.5. The van der Waals surface area contributed by atoms with Crippen LogP contribution in [-0.2, 0) is 16.6 Å². The summed E-state index contributed by atoms with van der Waals surface area (Å²) >= 11 is 0. The Morgan fingerprint density at radius 1 is 1.37 bits per heavy atom. The molecule has 0 saturated carbocycles. The zero-order valence-electron chi connectivity index (χ0n) is 15.6. The van der Waals surface area contributed by atoms with Gasteiger partial charge in [-0.25, -0.2) is 0 Å². The molecule has 0 spiro atoms. The Labute approximate surface area is 164 Å². The van der Waals surface area contributed by atoms with Crippen molar-refractivity contribution in [2.45, 2.75) is 18.9 Å². The van der Waals surface area contributed by atoms with Gasteiger partial charge in [-0.15, -0.1) is 12.4 Å². The molecule has 9 heteroatoms. The van der Waals surface area contributed by atoms with Crippen molar-refractivity contribution in [1.82, 2.24) is 15.1 Å². The second-order valence-electron chi connectivity index (χ2n) is 6.19. The van der Waals surface area contributed by atoms with Crippen LogP contribution in [-0.4, -0.2) is 42.3 Å². The lowest BCUT2D eigenvalue weighted by atomic mass is 10.1. The van der Waals surface area contributed by atoms with E-state index in [1.54, 1.807) is 61.4 Å². The maximum atomic E-state index is 12.6. The minimum Gasteiger partial charge on any atom is -0.494 e. The molecule has 0 aliphatic carbocycles. The average Bonchev–Trinajstić information content (AvgIpc) is 3.24. The molecule has 146 valence electrons. The molecule has 2 aromatic rings. The van der Waals surface area contributed by atoms with Crippen molar-refractivity contribution in [3.63, 3.8) is 0 Å². The third kappa shape index (κ3) is 4.40. The number of hydrogen-bond acceptors (Lipinski definition) is 5. The molecule has 8 nitrogen and oxygen atoms in total. The second-order valence-corrected chi connectivity index (χ2v) is 6.19. The molecule has 0 radical (unpaired) electrons. The fourth-order valence-electron chi connectivity index (χ4n) is 3.13. The minimum absolute atomic E-state index is 0. The van der Waals surface area contributed by atoms with Crippen LogP contribution < -0.4 is 20.3 Å². The molecular weight excluding hydrogens is 370 g/mol. The van der Waals surface area contributed by atoms with Gasteiger partial charge in [-0.2, -0.15) is 5.10 Å². The van der Waals surface area contributed by atoms with Gasteiger partial charge in [-0.1, -0.05) is 0 Å². The van der Waals surface area contributed by atoms with Crippen LogP contribution in [0.15, 0.2) is 30.6 Å². The number of hydrogen-bond donors (Lipinski definition) is 2. The van der Waals surface area contributed by atoms with E-state index in [0.717, 1.165) is 17.7 Å². The highest BCUT2D eigenvalue weighted by molar-refractivity contribution is 5.99. The predicted octanol–water partition coefficient (Wildman–Crippen LogP) is 1.88. The summed E-state index contributed by atoms with van der Waals surface area (Å²) in [7, 11) is 5.08. The van der Waals surface area contributed by atoms with Gasteiger partial charge in [-0.3, -0.25) is 14.3 Å². The number of halogens is 1. The number of nitrogens with one attached hydrogen (secondary N) is 2. The fourth-order valence-corrected chi connectivity index (χ4v) is 3.13. The van der Waals surface area contributed by atoms with E-state index in [1.165, 1.54) is 0 Å². The van der Waals surface area contributed by atoms with E-state index in [0.29, 0.717) is 24.4 Å². The second kappa shape index (κ2) is 8.88. The van der Waals surface area contributed by atoms with Crippen molar-refractivity contribution in [3.05, 3.63) is 36.2 Å². The number of ether oxygens (including phenoxy) is 1. The summed E-state index contributed by atoms with van der Waals surface area (Å²) in [6.45, 7) is 0.684. The van der Waals surface area contributed by atoms with Crippen molar-refractivity contribution in [2.24, 2.45) is 7.05 Å². The van der Waals surface area contributed by atoms with E-state index >= 15 is 0 Å². The van der Waals surface area contributed by atoms with Gasteiger partial charge in [0.15, 0.2) is 0 Å². The standard InChI is InChI=1S/C18H23N5O3.ClH/c1-19-17(12-10-20-22(2)11-12)18(25)21-13-6-7-14(15(9-13)26-3)23-8-4-5-16(23)24;/h6-7,9-11,17,19H,4-5,8H2,1-3H3,(H,21,25);1H. The van der Waals surface area contributed by atoms with Crippen molar-refractivity contribution < 1.29 is 14.3 Å². The molecule has 1 unspecified atom stereocenters. The molecule has 3 rings (SSSR count). The maximum absolute atomic E-state index is 12.6. The molecule has 0 bridgehead atoms. The molecule has 2 N–H and O–H groups in total. The molecule has 1 saturated heterocycles. The number of benzene rings is 1. The number of rotatable bonds is 6. The lowest BCUT2D eigenvalue weighted by molar-refractivity contribution is -0.118. The number of likely N-dealkylation sites (N-methyl/N-ethyl adjacent to an activating group) is 1. The van der Waals surface area contributed by atoms with Crippen LogP contribution in [0.4, 0.5) is 11.4 Å². The lowest BCUT2D eigenvalue weighted by Crippen LogP contribution is -2.30. The summed E-state index contributed by atoms with van der Waals surface area (Å²) < 4.78 is 7.08. The summed E-state index contributed by atoms with van der Waals surface area (Å²) in [6.07, 6.45) is 4.85. The molecule has 2 heterocycles. The van der Waals surface area contributed by atoms with Crippen LogP contribution in [0.3, 0.4) is 0 Å². The Morgan fingerprint density at radius 2 is 2.15 bits per heavy atom. The zero-order valence-corrected chi connectivity index (χ0v) is 16.4. The quantitative estimate of drug-likeness (QED) is 0.782. The fraction of sp³-hybridized carbons (Fsp3) is 0.389. The maximum Gasteiger partial charge on any atom is 0.246 e. The van der Waals surface area contributed by atoms with Crippen molar-refractivity contribution in [2.75, 3.05) is 30.9 Å². The van der Waals surface area contributed by atoms with Gasteiger partial charge >= 0.3 is 0 Å². The first-order valence-corrected chi connectivity index (χ1v) is 8.48. The third-order valence-electron chi connectivity index (χ3n) is 4.42. The Balaban J connectivity index is 0.00000261. The minimum atomic E-state index is -0.519. The Kier molecular flexibility index (Phi) is 6.81. The highest BCUT2D eigenvalue weighted by Gasteiger charge is 2.25. The Morgan fingerprint density at radius 3 is 2.70 bits per heavy atom. The normalized spacial score (nSPS) is 14.6. The van der Waals surface area contributed by atoms with Gasteiger partial charge in [0.1, 0.15) is 11.8 Å². The lowest BCUT2D eigenvalue weighted by Gasteiger charge is -2.20. The van der Waals surface area contributed by atoms with Gasteiger partial charge in [0.05, 0.1) is 19.0 Å². The van der Waals surface area contributed by atoms with Crippen LogP contribution in [0.1, 0.15) is 24.4 Å². The van der Waals surface area contributed by atoms with Crippen molar-refractivity contribution in [1.29, 1.82) is 0 Å². The molecule has 27 heavy (non-hydrogen) atoms. The molecule has 1 aromatic heterocycles. The molecule has 1 aromatic carbocycles. The Hall–Kier alpha value is -2.58. The summed E-state index contributed by atoms with van der Waals surface area (Å²) in [5.41, 5.74) is 2.11. The van der Waals surface area contributed by atoms with Gasteiger partial charge in [-0.05, 0) is 25.6 Å². The van der Waals surface area contributed by atoms with Crippen molar-refractivity contribution >= 4 is 35.6 Å². The van der Waals surface area contributed by atoms with E-state index in [-0.39, 0.29) is 24.2 Å². The van der Waals surface area contributed by atoms with Crippen LogP contribution in [0, 0.1) is 0 Å². The van der Waals surface area contributed by atoms with Crippen molar-refractivity contribution in [3.8, 4) is 5.75 Å². The smallest absolute Gasteiger partial charge is 0.246 e. The van der Waals surface area contributed by atoms with Gasteiger partial charge in [0, 0.05) is 43.5 Å². The molecule has 1 atom stereocenters. The zero-order chi connectivity index (χ0) is 18.7. The number of carbonyl (C=O) groups is 2. The van der Waals surface area contributed by atoms with Crippen LogP contribution in [0.25, 0.3) is 0 Å². The van der Waals surface area contributed by atoms with Crippen LogP contribution >= 0.6 is 12.4 Å². The SMILES string of the molecule is CNC(C(=O)Nc1ccc(N2CCCC2=O)c(OC)c1)c1cnn(C)c1.Cl. The number of aryl methyl sites for hydroxylation is 1. The highest BCUT2D eigenvalue weighted by Crippen LogP contribution is 2.34. The number of methoxy groups -OCH3 is 1. The first-order chi connectivity index (χ1) is 12.5. The van der Waals surface area contributed by atoms with Crippen LogP contribution in [0.5, 0.6) is 5.75 Å². The number of carbonyl (C=O) groups excluding carboxylic acids is 2. The number of nitrogens with zero attached hydrogens (tertiary/aromatic N) is 3. The largest absolute Gasteiger partial charge is 0.494 e. The summed E-state index contributed by atoms with van der Waals surface area (Å²) in [5.74, 6) is 0.444. The molecular formula is C18H24ClN5O3. The molecule has 1 aliphatic heterocycles. The number of aromatic nitrogens is 2. The molecule has 1 aliphatic rings. The first kappa shape index (κ1) is 20.7. The Bertz CT molecular complexity index is 823. The molecule has 2 amide bonds. The molecule has 1 fully saturated rings. The summed E-state index contributed by atoms with van der Waals surface area (Å²) in [5, 5.41) is 9.98. The van der Waals surface area contributed by atoms with E-state index in [9.17, 15) is 9.59 Å². The average molecular weight is 394 g/mol.